The van der Waals surface area contributed by atoms with Gasteiger partial charge in [-0.15, -0.1) is 5.10 Å². The molecule has 0 aliphatic carbocycles. The van der Waals surface area contributed by atoms with Crippen molar-refractivity contribution in [1.29, 1.82) is 0 Å². The first kappa shape index (κ1) is 4.52. The molecule has 0 unspecified atom stereocenters. The molecular weight excluding hydrogens is 110 g/mol. The van der Waals surface area contributed by atoms with E-state index in [0.717, 1.165) is 0 Å². The van der Waals surface area contributed by atoms with Gasteiger partial charge in [0.05, 0.1) is 0 Å². The number of aromatic nitrogens is 3. The van der Waals surface area contributed by atoms with Gasteiger partial charge in [-0.25, -0.2) is 0 Å². The minimum atomic E-state index is 0.528. The standard InChI is InChI=1S/C3H5N3S/c1-6-2-4-5-3(6)7/h2H,1H3,(H,5,7)/p-1. The molecule has 0 radical (unpaired) electrons. The Bertz CT molecular complexity index is 142. The molecule has 38 valence electrons. The minimum absolute atomic E-state index is 0.528. The van der Waals surface area contributed by atoms with Crippen molar-refractivity contribution in [3.63, 3.8) is 0 Å². The summed E-state index contributed by atoms with van der Waals surface area (Å²) in [6, 6.07) is 0. The summed E-state index contributed by atoms with van der Waals surface area (Å²) in [6.07, 6.45) is 1.57. The summed E-state index contributed by atoms with van der Waals surface area (Å²) in [7, 11) is 1.81. The fraction of sp³-hybridized carbons (Fsp3) is 0.333. The van der Waals surface area contributed by atoms with Gasteiger partial charge in [-0.1, -0.05) is 0 Å². The summed E-state index contributed by atoms with van der Waals surface area (Å²) in [5, 5.41) is 7.60. The predicted octanol–water partition coefficient (Wildman–Crippen LogP) is -0.279. The van der Waals surface area contributed by atoms with Crippen LogP contribution in [0.25, 0.3) is 0 Å². The quantitative estimate of drug-likeness (QED) is 0.435. The Kier molecular flexibility index (Phi) is 0.941. The summed E-state index contributed by atoms with van der Waals surface area (Å²) in [4.78, 5) is 0. The van der Waals surface area contributed by atoms with E-state index in [1.165, 1.54) is 0 Å². The van der Waals surface area contributed by atoms with Gasteiger partial charge in [-0.2, -0.15) is 5.10 Å². The Morgan fingerprint density at radius 2 is 2.57 bits per heavy atom. The molecule has 0 aliphatic rings. The lowest BCUT2D eigenvalue weighted by Crippen LogP contribution is -1.86. The van der Waals surface area contributed by atoms with Crippen LogP contribution in [0.15, 0.2) is 11.5 Å². The van der Waals surface area contributed by atoms with E-state index in [1.807, 2.05) is 7.05 Å². The second-order valence-electron chi connectivity index (χ2n) is 1.22. The van der Waals surface area contributed by atoms with E-state index in [0.29, 0.717) is 5.16 Å². The maximum absolute atomic E-state index is 4.68. The first-order valence-corrected chi connectivity index (χ1v) is 2.22. The third-order valence-electron chi connectivity index (χ3n) is 0.670. The molecule has 0 saturated carbocycles. The number of hydrogen-bond acceptors (Lipinski definition) is 3. The van der Waals surface area contributed by atoms with Crippen LogP contribution in [-0.2, 0) is 19.7 Å². The first-order valence-electron chi connectivity index (χ1n) is 1.81. The molecule has 0 atom stereocenters. The fourth-order valence-corrected chi connectivity index (χ4v) is 0.367. The number of nitrogens with zero attached hydrogens (tertiary/aromatic N) is 3. The Balaban J connectivity index is 3.12. The highest BCUT2D eigenvalue weighted by Gasteiger charge is 1.76. The van der Waals surface area contributed by atoms with Gasteiger partial charge in [0.15, 0.2) is 0 Å². The zero-order valence-electron chi connectivity index (χ0n) is 3.83. The highest BCUT2D eigenvalue weighted by Crippen LogP contribution is 1.83. The number of aryl methyl sites for hydroxylation is 1. The molecule has 7 heavy (non-hydrogen) atoms. The average Bonchev–Trinajstić information content (AvgIpc) is 1.91. The van der Waals surface area contributed by atoms with Crippen molar-refractivity contribution in [2.24, 2.45) is 7.05 Å². The molecule has 0 aliphatic heterocycles. The van der Waals surface area contributed by atoms with Crippen LogP contribution in [0.1, 0.15) is 0 Å². The molecule has 3 nitrogen and oxygen atoms in total. The lowest BCUT2D eigenvalue weighted by atomic mass is 11.1. The molecule has 4 heteroatoms. The topological polar surface area (TPSA) is 30.7 Å². The summed E-state index contributed by atoms with van der Waals surface area (Å²) < 4.78 is 1.68. The van der Waals surface area contributed by atoms with Gasteiger partial charge in [-0.3, -0.25) is 0 Å². The van der Waals surface area contributed by atoms with Crippen LogP contribution in [0, 0.1) is 0 Å². The van der Waals surface area contributed by atoms with Crippen LogP contribution in [0.3, 0.4) is 0 Å². The molecule has 0 fully saturated rings. The van der Waals surface area contributed by atoms with Crippen molar-refractivity contribution in [3.8, 4) is 0 Å². The summed E-state index contributed by atoms with van der Waals surface area (Å²) >= 11 is 4.68. The fourth-order valence-electron chi connectivity index (χ4n) is 0.273. The first-order chi connectivity index (χ1) is 3.30. The second kappa shape index (κ2) is 1.46. The van der Waals surface area contributed by atoms with Gasteiger partial charge in [0.25, 0.3) is 0 Å². The van der Waals surface area contributed by atoms with Crippen LogP contribution < -0.4 is 0 Å². The van der Waals surface area contributed by atoms with Gasteiger partial charge in [-0.05, 0) is 0 Å². The number of rotatable bonds is 0. The smallest absolute Gasteiger partial charge is 0.117 e. The Labute approximate surface area is 46.8 Å². The van der Waals surface area contributed by atoms with Crippen LogP contribution in [0.5, 0.6) is 0 Å². The molecule has 0 N–H and O–H groups in total. The normalized spacial score (nSPS) is 9.29. The maximum atomic E-state index is 4.68. The molecule has 0 spiro atoms. The molecular formula is C3H4N3S-. The average molecular weight is 114 g/mol. The van der Waals surface area contributed by atoms with Crippen LogP contribution in [-0.4, -0.2) is 14.8 Å². The molecule has 1 aromatic heterocycles. The van der Waals surface area contributed by atoms with E-state index >= 15 is 0 Å². The minimum Gasteiger partial charge on any atom is -0.740 e. The highest BCUT2D eigenvalue weighted by molar-refractivity contribution is 7.58. The van der Waals surface area contributed by atoms with Gasteiger partial charge in [0.2, 0.25) is 0 Å². The summed E-state index contributed by atoms with van der Waals surface area (Å²) in [5.74, 6) is 0. The van der Waals surface area contributed by atoms with Gasteiger partial charge >= 0.3 is 0 Å². The van der Waals surface area contributed by atoms with E-state index in [9.17, 15) is 0 Å². The summed E-state index contributed by atoms with van der Waals surface area (Å²) in [5.41, 5.74) is 0. The van der Waals surface area contributed by atoms with Crippen molar-refractivity contribution in [3.05, 3.63) is 6.33 Å². The van der Waals surface area contributed by atoms with Crippen molar-refractivity contribution in [1.82, 2.24) is 14.8 Å². The van der Waals surface area contributed by atoms with Gasteiger partial charge in [0, 0.05) is 12.2 Å². The van der Waals surface area contributed by atoms with Gasteiger partial charge in [0.1, 0.15) is 6.33 Å². The van der Waals surface area contributed by atoms with E-state index in [4.69, 9.17) is 0 Å². The van der Waals surface area contributed by atoms with Gasteiger partial charge < -0.3 is 17.2 Å². The zero-order chi connectivity index (χ0) is 5.28. The third-order valence-corrected chi connectivity index (χ3v) is 1.04. The van der Waals surface area contributed by atoms with Crippen molar-refractivity contribution >= 4 is 12.6 Å². The van der Waals surface area contributed by atoms with E-state index in [1.54, 1.807) is 10.9 Å². The van der Waals surface area contributed by atoms with Crippen LogP contribution in [0.2, 0.25) is 0 Å². The third kappa shape index (κ3) is 0.691. The molecule has 1 heterocycles. The lowest BCUT2D eigenvalue weighted by molar-refractivity contribution is 0.791. The SMILES string of the molecule is Cn1cnnc1[S-]. The van der Waals surface area contributed by atoms with Crippen molar-refractivity contribution in [2.75, 3.05) is 0 Å². The Hall–Kier alpha value is -0.640. The molecule has 0 aromatic carbocycles. The zero-order valence-corrected chi connectivity index (χ0v) is 4.64. The highest BCUT2D eigenvalue weighted by atomic mass is 32.1. The number of hydrogen-bond donors (Lipinski definition) is 0. The van der Waals surface area contributed by atoms with Crippen molar-refractivity contribution in [2.45, 2.75) is 5.16 Å². The van der Waals surface area contributed by atoms with Crippen LogP contribution in [0.4, 0.5) is 0 Å². The Morgan fingerprint density at radius 1 is 1.86 bits per heavy atom. The molecule has 0 saturated heterocycles. The molecule has 1 aromatic rings. The second-order valence-corrected chi connectivity index (χ2v) is 1.59. The maximum Gasteiger partial charge on any atom is 0.117 e. The van der Waals surface area contributed by atoms with E-state index < -0.39 is 0 Å². The molecule has 0 bridgehead atoms. The predicted molar refractivity (Wildman–Crippen MR) is 26.6 cm³/mol. The molecule has 0 amide bonds. The molecule has 1 rings (SSSR count). The van der Waals surface area contributed by atoms with Crippen molar-refractivity contribution < 1.29 is 0 Å². The lowest BCUT2D eigenvalue weighted by Gasteiger charge is -1.98. The van der Waals surface area contributed by atoms with Crippen LogP contribution >= 0.6 is 0 Å². The largest absolute Gasteiger partial charge is 0.740 e. The monoisotopic (exact) mass is 114 g/mol. The Morgan fingerprint density at radius 3 is 2.71 bits per heavy atom. The van der Waals surface area contributed by atoms with E-state index in [-0.39, 0.29) is 0 Å². The van der Waals surface area contributed by atoms with E-state index in [2.05, 4.69) is 22.8 Å². The summed E-state index contributed by atoms with van der Waals surface area (Å²) in [6.45, 7) is 0.